The predicted octanol–water partition coefficient (Wildman–Crippen LogP) is 2.67. The Bertz CT molecular complexity index is 651. The van der Waals surface area contributed by atoms with Crippen molar-refractivity contribution in [1.82, 2.24) is 14.9 Å². The highest BCUT2D eigenvalue weighted by atomic mass is 16.1. The molecule has 0 radical (unpaired) electrons. The molecule has 1 aliphatic heterocycles. The number of hydrogen-bond donors (Lipinski definition) is 1. The lowest BCUT2D eigenvalue weighted by Crippen LogP contribution is -2.39. The van der Waals surface area contributed by atoms with Gasteiger partial charge in [0.05, 0.1) is 11.3 Å². The van der Waals surface area contributed by atoms with Gasteiger partial charge in [0.1, 0.15) is 0 Å². The number of benzene rings is 1. The summed E-state index contributed by atoms with van der Waals surface area (Å²) in [6.45, 7) is 4.98. The molecule has 23 heavy (non-hydrogen) atoms. The van der Waals surface area contributed by atoms with E-state index in [2.05, 4.69) is 50.5 Å². The Hall–Kier alpha value is -2.27. The first-order chi connectivity index (χ1) is 11.2. The predicted molar refractivity (Wildman–Crippen MR) is 90.5 cm³/mol. The summed E-state index contributed by atoms with van der Waals surface area (Å²) in [5.41, 5.74) is 2.63. The second-order valence-electron chi connectivity index (χ2n) is 6.03. The first-order valence-electron chi connectivity index (χ1n) is 8.06. The highest BCUT2D eigenvalue weighted by Gasteiger charge is 2.19. The van der Waals surface area contributed by atoms with E-state index in [9.17, 15) is 4.79 Å². The summed E-state index contributed by atoms with van der Waals surface area (Å²) in [6.07, 6.45) is 4.53. The van der Waals surface area contributed by atoms with Crippen LogP contribution >= 0.6 is 0 Å². The van der Waals surface area contributed by atoms with E-state index in [4.69, 9.17) is 0 Å². The Balaban J connectivity index is 1.51. The molecule has 1 aromatic carbocycles. The van der Waals surface area contributed by atoms with Crippen LogP contribution in [-0.4, -0.2) is 40.3 Å². The Morgan fingerprint density at radius 1 is 1.26 bits per heavy atom. The van der Waals surface area contributed by atoms with Gasteiger partial charge in [-0.3, -0.25) is 9.69 Å². The summed E-state index contributed by atoms with van der Waals surface area (Å²) in [5, 5.41) is 3.39. The number of aldehydes is 1. The van der Waals surface area contributed by atoms with Crippen molar-refractivity contribution in [2.45, 2.75) is 32.4 Å². The molecule has 1 aromatic heterocycles. The number of carbonyl (C=O) groups excluding carboxylic acids is 1. The number of aromatic nitrogens is 2. The standard InChI is InChI=1S/C18H22N4O/c1-14-16(13-23)11-19-18(20-14)21-17-7-9-22(10-8-17)12-15-5-3-2-4-6-15/h2-6,11,13,17H,7-10,12H2,1H3,(H,19,20,21). The van der Waals surface area contributed by atoms with Crippen LogP contribution in [0, 0.1) is 6.92 Å². The van der Waals surface area contributed by atoms with Gasteiger partial charge in [-0.2, -0.15) is 0 Å². The fraction of sp³-hybridized carbons (Fsp3) is 0.389. The third-order valence-corrected chi connectivity index (χ3v) is 4.31. The van der Waals surface area contributed by atoms with Crippen LogP contribution in [0.4, 0.5) is 5.95 Å². The van der Waals surface area contributed by atoms with E-state index in [1.807, 2.05) is 6.92 Å². The molecular weight excluding hydrogens is 288 g/mol. The molecule has 0 bridgehead atoms. The van der Waals surface area contributed by atoms with Crippen molar-refractivity contribution < 1.29 is 4.79 Å². The largest absolute Gasteiger partial charge is 0.351 e. The Labute approximate surface area is 136 Å². The van der Waals surface area contributed by atoms with Gasteiger partial charge < -0.3 is 5.32 Å². The monoisotopic (exact) mass is 310 g/mol. The van der Waals surface area contributed by atoms with E-state index < -0.39 is 0 Å². The second-order valence-corrected chi connectivity index (χ2v) is 6.03. The Morgan fingerprint density at radius 3 is 2.65 bits per heavy atom. The highest BCUT2D eigenvalue weighted by molar-refractivity contribution is 5.75. The van der Waals surface area contributed by atoms with Gasteiger partial charge in [-0.1, -0.05) is 30.3 Å². The number of nitrogens with one attached hydrogen (secondary N) is 1. The van der Waals surface area contributed by atoms with Gasteiger partial charge in [0.15, 0.2) is 6.29 Å². The molecule has 5 heteroatoms. The molecule has 1 saturated heterocycles. The minimum absolute atomic E-state index is 0.392. The Morgan fingerprint density at radius 2 is 2.00 bits per heavy atom. The molecule has 0 spiro atoms. The van der Waals surface area contributed by atoms with E-state index >= 15 is 0 Å². The third kappa shape index (κ3) is 4.13. The summed E-state index contributed by atoms with van der Waals surface area (Å²) < 4.78 is 0. The first-order valence-corrected chi connectivity index (χ1v) is 8.06. The zero-order chi connectivity index (χ0) is 16.1. The molecule has 0 unspecified atom stereocenters. The van der Waals surface area contributed by atoms with Crippen molar-refractivity contribution in [1.29, 1.82) is 0 Å². The van der Waals surface area contributed by atoms with Gasteiger partial charge in [-0.15, -0.1) is 0 Å². The molecule has 1 N–H and O–H groups in total. The molecule has 2 aromatic rings. The van der Waals surface area contributed by atoms with Crippen molar-refractivity contribution in [3.05, 3.63) is 53.3 Å². The summed E-state index contributed by atoms with van der Waals surface area (Å²) in [5.74, 6) is 0.620. The average Bonchev–Trinajstić information content (AvgIpc) is 2.58. The number of hydrogen-bond acceptors (Lipinski definition) is 5. The maximum atomic E-state index is 10.8. The molecule has 1 fully saturated rings. The van der Waals surface area contributed by atoms with Gasteiger partial charge in [0.2, 0.25) is 5.95 Å². The molecule has 3 rings (SSSR count). The molecule has 0 saturated carbocycles. The molecule has 2 heterocycles. The molecule has 0 atom stereocenters. The summed E-state index contributed by atoms with van der Waals surface area (Å²) in [4.78, 5) is 21.9. The number of aryl methyl sites for hydroxylation is 1. The molecule has 5 nitrogen and oxygen atoms in total. The molecular formula is C18H22N4O. The first kappa shape index (κ1) is 15.6. The smallest absolute Gasteiger partial charge is 0.223 e. The summed E-state index contributed by atoms with van der Waals surface area (Å²) >= 11 is 0. The fourth-order valence-electron chi connectivity index (χ4n) is 2.92. The molecule has 0 amide bonds. The van der Waals surface area contributed by atoms with E-state index in [0.717, 1.165) is 44.5 Å². The third-order valence-electron chi connectivity index (χ3n) is 4.31. The average molecular weight is 310 g/mol. The minimum Gasteiger partial charge on any atom is -0.351 e. The van der Waals surface area contributed by atoms with Crippen molar-refractivity contribution in [3.8, 4) is 0 Å². The highest BCUT2D eigenvalue weighted by Crippen LogP contribution is 2.17. The van der Waals surface area contributed by atoms with Gasteiger partial charge in [0.25, 0.3) is 0 Å². The molecule has 1 aliphatic rings. The van der Waals surface area contributed by atoms with E-state index in [0.29, 0.717) is 17.6 Å². The number of nitrogens with zero attached hydrogens (tertiary/aromatic N) is 3. The van der Waals surface area contributed by atoms with Crippen LogP contribution in [0.1, 0.15) is 34.5 Å². The van der Waals surface area contributed by atoms with Crippen LogP contribution < -0.4 is 5.32 Å². The second kappa shape index (κ2) is 7.33. The van der Waals surface area contributed by atoms with E-state index in [1.165, 1.54) is 5.56 Å². The van der Waals surface area contributed by atoms with Crippen molar-refractivity contribution in [3.63, 3.8) is 0 Å². The van der Waals surface area contributed by atoms with Crippen molar-refractivity contribution >= 4 is 12.2 Å². The number of piperidine rings is 1. The quantitative estimate of drug-likeness (QED) is 0.861. The lowest BCUT2D eigenvalue weighted by atomic mass is 10.0. The van der Waals surface area contributed by atoms with Crippen LogP contribution in [0.3, 0.4) is 0 Å². The number of likely N-dealkylation sites (tertiary alicyclic amines) is 1. The lowest BCUT2D eigenvalue weighted by Gasteiger charge is -2.32. The number of rotatable bonds is 5. The zero-order valence-corrected chi connectivity index (χ0v) is 13.4. The number of anilines is 1. The SMILES string of the molecule is Cc1nc(NC2CCN(Cc3ccccc3)CC2)ncc1C=O. The van der Waals surface area contributed by atoms with Crippen LogP contribution in [0.25, 0.3) is 0 Å². The van der Waals surface area contributed by atoms with E-state index in [-0.39, 0.29) is 0 Å². The van der Waals surface area contributed by atoms with Gasteiger partial charge in [0, 0.05) is 31.9 Å². The normalized spacial score (nSPS) is 16.2. The maximum Gasteiger partial charge on any atom is 0.223 e. The fourth-order valence-corrected chi connectivity index (χ4v) is 2.92. The minimum atomic E-state index is 0.392. The van der Waals surface area contributed by atoms with Gasteiger partial charge in [-0.25, -0.2) is 9.97 Å². The van der Waals surface area contributed by atoms with Crippen LogP contribution in [0.2, 0.25) is 0 Å². The zero-order valence-electron chi connectivity index (χ0n) is 13.4. The van der Waals surface area contributed by atoms with E-state index in [1.54, 1.807) is 6.20 Å². The van der Waals surface area contributed by atoms with Crippen LogP contribution in [-0.2, 0) is 6.54 Å². The summed E-state index contributed by atoms with van der Waals surface area (Å²) in [7, 11) is 0. The van der Waals surface area contributed by atoms with Gasteiger partial charge in [-0.05, 0) is 25.3 Å². The van der Waals surface area contributed by atoms with Crippen molar-refractivity contribution in [2.75, 3.05) is 18.4 Å². The topological polar surface area (TPSA) is 58.1 Å². The lowest BCUT2D eigenvalue weighted by molar-refractivity contribution is 0.112. The van der Waals surface area contributed by atoms with Crippen molar-refractivity contribution in [2.24, 2.45) is 0 Å². The maximum absolute atomic E-state index is 10.8. The Kier molecular flexibility index (Phi) is 4.98. The summed E-state index contributed by atoms with van der Waals surface area (Å²) in [6, 6.07) is 11.0. The molecule has 0 aliphatic carbocycles. The van der Waals surface area contributed by atoms with Crippen LogP contribution in [0.15, 0.2) is 36.5 Å². The number of carbonyl (C=O) groups is 1. The van der Waals surface area contributed by atoms with Crippen LogP contribution in [0.5, 0.6) is 0 Å². The van der Waals surface area contributed by atoms with Gasteiger partial charge >= 0.3 is 0 Å². The molecule has 120 valence electrons.